The molecule has 1 fully saturated rings. The van der Waals surface area contributed by atoms with Gasteiger partial charge in [-0.05, 0) is 37.7 Å². The number of aromatic nitrogens is 2. The summed E-state index contributed by atoms with van der Waals surface area (Å²) >= 11 is 1.68. The largest absolute Gasteiger partial charge is 0.261 e. The highest BCUT2D eigenvalue weighted by atomic mass is 32.1. The van der Waals surface area contributed by atoms with Crippen LogP contribution in [0.4, 0.5) is 4.39 Å². The molecule has 94 valence electrons. The van der Waals surface area contributed by atoms with Crippen molar-refractivity contribution in [2.45, 2.75) is 32.6 Å². The quantitative estimate of drug-likeness (QED) is 0.829. The predicted molar refractivity (Wildman–Crippen MR) is 71.2 cm³/mol. The van der Waals surface area contributed by atoms with Crippen molar-refractivity contribution in [3.8, 4) is 10.6 Å². The van der Waals surface area contributed by atoms with Crippen LogP contribution in [-0.2, 0) is 0 Å². The maximum atomic E-state index is 13.2. The van der Waals surface area contributed by atoms with Gasteiger partial charge in [-0.15, -0.1) is 11.3 Å². The maximum Gasteiger partial charge on any atom is 0.142 e. The van der Waals surface area contributed by atoms with E-state index in [1.807, 2.05) is 6.92 Å². The Morgan fingerprint density at radius 1 is 1.39 bits per heavy atom. The maximum absolute atomic E-state index is 13.2. The van der Waals surface area contributed by atoms with Gasteiger partial charge in [0.25, 0.3) is 0 Å². The molecule has 0 radical (unpaired) electrons. The molecular weight excluding hydrogens is 247 g/mol. The summed E-state index contributed by atoms with van der Waals surface area (Å²) in [6, 6.07) is 1.50. The first-order valence-corrected chi connectivity index (χ1v) is 7.05. The molecule has 2 aromatic heterocycles. The van der Waals surface area contributed by atoms with Crippen LogP contribution >= 0.6 is 11.3 Å². The van der Waals surface area contributed by atoms with E-state index in [9.17, 15) is 4.39 Å². The fourth-order valence-corrected chi connectivity index (χ4v) is 3.49. The van der Waals surface area contributed by atoms with Crippen molar-refractivity contribution in [2.24, 2.45) is 5.92 Å². The Balaban J connectivity index is 1.96. The van der Waals surface area contributed by atoms with E-state index in [4.69, 9.17) is 0 Å². The van der Waals surface area contributed by atoms with Gasteiger partial charge in [0.2, 0.25) is 0 Å². The topological polar surface area (TPSA) is 25.8 Å². The average molecular weight is 262 g/mol. The third-order valence-corrected chi connectivity index (χ3v) is 4.93. The molecule has 0 amide bonds. The fraction of sp³-hybridized carbons (Fsp3) is 0.429. The molecule has 4 heteroatoms. The van der Waals surface area contributed by atoms with Gasteiger partial charge >= 0.3 is 0 Å². The molecule has 2 heterocycles. The summed E-state index contributed by atoms with van der Waals surface area (Å²) in [6.07, 6.45) is 5.55. The predicted octanol–water partition coefficient (Wildman–Crippen LogP) is 4.17. The number of aryl methyl sites for hydroxylation is 1. The lowest BCUT2D eigenvalue weighted by atomic mass is 10.0. The molecule has 1 aliphatic rings. The Bertz CT molecular complexity index is 575. The van der Waals surface area contributed by atoms with Crippen LogP contribution in [0.25, 0.3) is 10.6 Å². The zero-order valence-electron chi connectivity index (χ0n) is 10.5. The second-order valence-corrected chi connectivity index (χ2v) is 6.02. The fourth-order valence-electron chi connectivity index (χ4n) is 2.29. The van der Waals surface area contributed by atoms with Crippen molar-refractivity contribution < 1.29 is 4.39 Å². The Labute approximate surface area is 110 Å². The molecule has 0 N–H and O–H groups in total. The molecule has 3 rings (SSSR count). The first kappa shape index (κ1) is 11.8. The normalized spacial score (nSPS) is 16.8. The minimum Gasteiger partial charge on any atom is -0.261 e. The van der Waals surface area contributed by atoms with Gasteiger partial charge in [0, 0.05) is 16.6 Å². The zero-order valence-corrected chi connectivity index (χ0v) is 11.3. The van der Waals surface area contributed by atoms with Crippen LogP contribution in [0.3, 0.4) is 0 Å². The number of hydrogen-bond acceptors (Lipinski definition) is 3. The van der Waals surface area contributed by atoms with Gasteiger partial charge in [-0.25, -0.2) is 9.37 Å². The van der Waals surface area contributed by atoms with Crippen LogP contribution in [0, 0.1) is 18.7 Å². The molecule has 1 unspecified atom stereocenters. The van der Waals surface area contributed by atoms with Crippen LogP contribution in [0.5, 0.6) is 0 Å². The highest BCUT2D eigenvalue weighted by molar-refractivity contribution is 7.15. The first-order chi connectivity index (χ1) is 8.65. The molecule has 1 saturated carbocycles. The summed E-state index contributed by atoms with van der Waals surface area (Å²) in [5.74, 6) is 1.09. The van der Waals surface area contributed by atoms with E-state index < -0.39 is 0 Å². The summed E-state index contributed by atoms with van der Waals surface area (Å²) in [4.78, 5) is 9.79. The van der Waals surface area contributed by atoms with E-state index in [1.165, 1.54) is 30.0 Å². The number of nitrogens with zero attached hydrogens (tertiary/aromatic N) is 2. The molecule has 1 aliphatic carbocycles. The summed E-state index contributed by atoms with van der Waals surface area (Å²) in [5.41, 5.74) is 1.86. The highest BCUT2D eigenvalue weighted by Gasteiger charge is 2.31. The van der Waals surface area contributed by atoms with Crippen LogP contribution in [-0.4, -0.2) is 9.97 Å². The lowest BCUT2D eigenvalue weighted by Gasteiger charge is -2.06. The summed E-state index contributed by atoms with van der Waals surface area (Å²) in [6.45, 7) is 4.31. The van der Waals surface area contributed by atoms with E-state index in [1.54, 1.807) is 17.5 Å². The minimum absolute atomic E-state index is 0.308. The molecule has 1 atom stereocenters. The molecule has 0 spiro atoms. The van der Waals surface area contributed by atoms with Crippen LogP contribution in [0.2, 0.25) is 0 Å². The standard InChI is InChI=1S/C14H15FN2S/c1-8(10-3-4-10)13-9(2)17-14(18-13)11-5-12(15)7-16-6-11/h5-8,10H,3-4H2,1-2H3. The molecule has 2 nitrogen and oxygen atoms in total. The molecule has 2 aromatic rings. The van der Waals surface area contributed by atoms with Crippen LogP contribution < -0.4 is 0 Å². The summed E-state index contributed by atoms with van der Waals surface area (Å²) in [5, 5.41) is 0.877. The summed E-state index contributed by atoms with van der Waals surface area (Å²) in [7, 11) is 0. The van der Waals surface area contributed by atoms with Crippen molar-refractivity contribution in [1.29, 1.82) is 0 Å². The van der Waals surface area contributed by atoms with E-state index in [2.05, 4.69) is 16.9 Å². The number of rotatable bonds is 3. The molecule has 0 aliphatic heterocycles. The molecule has 18 heavy (non-hydrogen) atoms. The number of pyridine rings is 1. The van der Waals surface area contributed by atoms with Crippen molar-refractivity contribution in [3.05, 3.63) is 34.8 Å². The average Bonchev–Trinajstić information content (AvgIpc) is 3.12. The second kappa shape index (κ2) is 4.43. The highest BCUT2D eigenvalue weighted by Crippen LogP contribution is 2.45. The Kier molecular flexibility index (Phi) is 2.90. The monoisotopic (exact) mass is 262 g/mol. The van der Waals surface area contributed by atoms with Gasteiger partial charge in [0.05, 0.1) is 11.9 Å². The van der Waals surface area contributed by atoms with Crippen molar-refractivity contribution in [1.82, 2.24) is 9.97 Å². The lowest BCUT2D eigenvalue weighted by Crippen LogP contribution is -1.94. The van der Waals surface area contributed by atoms with Gasteiger partial charge in [-0.2, -0.15) is 0 Å². The third-order valence-electron chi connectivity index (χ3n) is 3.53. The second-order valence-electron chi connectivity index (χ2n) is 4.99. The van der Waals surface area contributed by atoms with Gasteiger partial charge in [-0.3, -0.25) is 4.98 Å². The van der Waals surface area contributed by atoms with Crippen LogP contribution in [0.15, 0.2) is 18.5 Å². The Hall–Kier alpha value is -1.29. The zero-order chi connectivity index (χ0) is 12.7. The van der Waals surface area contributed by atoms with Crippen LogP contribution in [0.1, 0.15) is 36.3 Å². The Morgan fingerprint density at radius 2 is 2.17 bits per heavy atom. The summed E-state index contributed by atoms with van der Waals surface area (Å²) < 4.78 is 13.2. The van der Waals surface area contributed by atoms with E-state index >= 15 is 0 Å². The van der Waals surface area contributed by atoms with E-state index in [0.29, 0.717) is 5.92 Å². The molecule has 0 aromatic carbocycles. The lowest BCUT2D eigenvalue weighted by molar-refractivity contribution is 0.622. The molecular formula is C14H15FN2S. The van der Waals surface area contributed by atoms with Gasteiger partial charge in [0.15, 0.2) is 0 Å². The van der Waals surface area contributed by atoms with E-state index in [-0.39, 0.29) is 5.82 Å². The van der Waals surface area contributed by atoms with Crippen molar-refractivity contribution in [3.63, 3.8) is 0 Å². The third kappa shape index (κ3) is 2.17. The number of halogens is 1. The SMILES string of the molecule is Cc1nc(-c2cncc(F)c2)sc1C(C)C1CC1. The molecule has 0 saturated heterocycles. The number of thiazole rings is 1. The first-order valence-electron chi connectivity index (χ1n) is 6.23. The van der Waals surface area contributed by atoms with Gasteiger partial charge < -0.3 is 0 Å². The smallest absolute Gasteiger partial charge is 0.142 e. The van der Waals surface area contributed by atoms with Gasteiger partial charge in [-0.1, -0.05) is 6.92 Å². The van der Waals surface area contributed by atoms with E-state index in [0.717, 1.165) is 22.2 Å². The number of hydrogen-bond donors (Lipinski definition) is 0. The molecule has 0 bridgehead atoms. The Morgan fingerprint density at radius 3 is 2.83 bits per heavy atom. The van der Waals surface area contributed by atoms with Crippen molar-refractivity contribution >= 4 is 11.3 Å². The minimum atomic E-state index is -0.308. The van der Waals surface area contributed by atoms with Gasteiger partial charge in [0.1, 0.15) is 10.8 Å². The van der Waals surface area contributed by atoms with Crippen molar-refractivity contribution in [2.75, 3.05) is 0 Å².